The molecule has 0 spiro atoms. The lowest BCUT2D eigenvalue weighted by Crippen LogP contribution is -2.30. The zero-order chi connectivity index (χ0) is 24.5. The van der Waals surface area contributed by atoms with Crippen LogP contribution in [-0.2, 0) is 20.9 Å². The summed E-state index contributed by atoms with van der Waals surface area (Å²) in [7, 11) is 1.52. The molecular formula is C27H25NO7. The van der Waals surface area contributed by atoms with Gasteiger partial charge in [0.05, 0.1) is 12.0 Å². The first kappa shape index (κ1) is 22.8. The highest BCUT2D eigenvalue weighted by atomic mass is 16.6. The second-order valence-electron chi connectivity index (χ2n) is 8.89. The van der Waals surface area contributed by atoms with Crippen LogP contribution in [0.2, 0.25) is 0 Å². The van der Waals surface area contributed by atoms with E-state index in [1.807, 2.05) is 6.07 Å². The van der Waals surface area contributed by atoms with Gasteiger partial charge in [-0.25, -0.2) is 0 Å². The Labute approximate surface area is 202 Å². The maximum absolute atomic E-state index is 13.0. The van der Waals surface area contributed by atoms with Gasteiger partial charge in [-0.1, -0.05) is 18.2 Å². The predicted molar refractivity (Wildman–Crippen MR) is 126 cm³/mol. The third-order valence-corrected chi connectivity index (χ3v) is 6.68. The molecule has 8 heteroatoms. The molecule has 0 unspecified atom stereocenters. The van der Waals surface area contributed by atoms with E-state index in [9.17, 15) is 19.7 Å². The van der Waals surface area contributed by atoms with Crippen molar-refractivity contribution in [3.63, 3.8) is 0 Å². The molecule has 0 radical (unpaired) electrons. The van der Waals surface area contributed by atoms with Crippen LogP contribution in [0.3, 0.4) is 0 Å². The predicted octanol–water partition coefficient (Wildman–Crippen LogP) is 5.31. The van der Waals surface area contributed by atoms with E-state index >= 15 is 0 Å². The van der Waals surface area contributed by atoms with Crippen LogP contribution in [-0.4, -0.2) is 23.6 Å². The number of allylic oxidation sites excluding steroid dienone is 4. The highest BCUT2D eigenvalue weighted by Crippen LogP contribution is 2.48. The number of ether oxygens (including phenoxy) is 3. The fraction of sp³-hybridized carbons (Fsp3) is 0.333. The molecule has 1 heterocycles. The molecule has 0 atom stereocenters. The number of nitro benzene ring substituents is 1. The Bertz CT molecular complexity index is 1250. The molecule has 5 rings (SSSR count). The van der Waals surface area contributed by atoms with Gasteiger partial charge < -0.3 is 14.2 Å². The van der Waals surface area contributed by atoms with Crippen molar-refractivity contribution in [3.8, 4) is 11.5 Å². The topological polar surface area (TPSA) is 105 Å². The number of hydrogen-bond donors (Lipinski definition) is 0. The lowest BCUT2D eigenvalue weighted by molar-refractivity contribution is -0.384. The molecule has 3 aliphatic rings. The Morgan fingerprint density at radius 3 is 2.26 bits per heavy atom. The van der Waals surface area contributed by atoms with Crippen molar-refractivity contribution >= 4 is 17.3 Å². The molecule has 8 nitrogen and oxygen atoms in total. The van der Waals surface area contributed by atoms with Gasteiger partial charge in [0.15, 0.2) is 23.1 Å². The zero-order valence-electron chi connectivity index (χ0n) is 19.4. The Hall–Kier alpha value is -3.94. The van der Waals surface area contributed by atoms with E-state index in [1.165, 1.54) is 19.2 Å². The molecule has 2 aliphatic carbocycles. The largest absolute Gasteiger partial charge is 0.493 e. The number of carbonyl (C=O) groups excluding carboxylic acids is 2. The van der Waals surface area contributed by atoms with Gasteiger partial charge in [0, 0.05) is 54.9 Å². The van der Waals surface area contributed by atoms with Gasteiger partial charge in [0.1, 0.15) is 18.1 Å². The van der Waals surface area contributed by atoms with E-state index in [1.54, 1.807) is 24.3 Å². The number of nitrogens with zero attached hydrogens (tertiary/aromatic N) is 1. The molecule has 2 aromatic carbocycles. The molecule has 180 valence electrons. The summed E-state index contributed by atoms with van der Waals surface area (Å²) in [6.45, 7) is 0.121. The highest BCUT2D eigenvalue weighted by Gasteiger charge is 2.41. The number of methoxy groups -OCH3 is 1. The van der Waals surface area contributed by atoms with Crippen LogP contribution in [0.5, 0.6) is 11.5 Å². The summed E-state index contributed by atoms with van der Waals surface area (Å²) < 4.78 is 17.6. The van der Waals surface area contributed by atoms with Crippen molar-refractivity contribution in [2.45, 2.75) is 51.0 Å². The average Bonchev–Trinajstić information content (AvgIpc) is 2.86. The normalized spacial score (nSPS) is 18.1. The molecule has 1 aliphatic heterocycles. The molecule has 0 aromatic heterocycles. The van der Waals surface area contributed by atoms with E-state index in [-0.39, 0.29) is 23.9 Å². The van der Waals surface area contributed by atoms with Crippen molar-refractivity contribution in [2.24, 2.45) is 0 Å². The summed E-state index contributed by atoms with van der Waals surface area (Å²) in [6, 6.07) is 11.7. The summed E-state index contributed by atoms with van der Waals surface area (Å²) in [5.74, 6) is 1.85. The maximum atomic E-state index is 13.0. The Morgan fingerprint density at radius 2 is 1.63 bits per heavy atom. The second kappa shape index (κ2) is 9.37. The van der Waals surface area contributed by atoms with Crippen LogP contribution in [0.4, 0.5) is 5.69 Å². The van der Waals surface area contributed by atoms with Gasteiger partial charge in [-0.3, -0.25) is 19.7 Å². The summed E-state index contributed by atoms with van der Waals surface area (Å²) in [6.07, 6.45) is 3.74. The molecule has 0 saturated heterocycles. The molecule has 0 saturated carbocycles. The lowest BCUT2D eigenvalue weighted by Gasteiger charge is -2.36. The van der Waals surface area contributed by atoms with Crippen molar-refractivity contribution in [3.05, 3.63) is 86.4 Å². The number of nitro groups is 1. The smallest absolute Gasteiger partial charge is 0.269 e. The Balaban J connectivity index is 1.48. The van der Waals surface area contributed by atoms with Gasteiger partial charge in [-0.05, 0) is 36.1 Å². The SMILES string of the molecule is COc1cc(C2C3=C(CCCC3=O)OC3=C2C(=O)CCC3)ccc1OCc1cccc([N+](=O)[O-])c1. The minimum absolute atomic E-state index is 0.00427. The molecule has 0 bridgehead atoms. The summed E-state index contributed by atoms with van der Waals surface area (Å²) in [5, 5.41) is 11.0. The zero-order valence-corrected chi connectivity index (χ0v) is 19.4. The number of non-ortho nitro benzene ring substituents is 1. The van der Waals surface area contributed by atoms with Crippen LogP contribution < -0.4 is 9.47 Å². The van der Waals surface area contributed by atoms with Crippen molar-refractivity contribution in [1.29, 1.82) is 0 Å². The molecule has 2 aromatic rings. The average molecular weight is 475 g/mol. The first-order chi connectivity index (χ1) is 17.0. The van der Waals surface area contributed by atoms with Crippen molar-refractivity contribution < 1.29 is 28.7 Å². The fourth-order valence-corrected chi connectivity index (χ4v) is 5.05. The highest BCUT2D eigenvalue weighted by molar-refractivity contribution is 6.05. The Kier molecular flexibility index (Phi) is 6.11. The van der Waals surface area contributed by atoms with E-state index in [2.05, 4.69) is 0 Å². The number of ketones is 2. The maximum Gasteiger partial charge on any atom is 0.269 e. The van der Waals surface area contributed by atoms with Gasteiger partial charge in [0.2, 0.25) is 0 Å². The molecule has 0 amide bonds. The van der Waals surface area contributed by atoms with Crippen LogP contribution in [0.25, 0.3) is 0 Å². The van der Waals surface area contributed by atoms with E-state index in [0.29, 0.717) is 65.4 Å². The van der Waals surface area contributed by atoms with Crippen molar-refractivity contribution in [1.82, 2.24) is 0 Å². The van der Waals surface area contributed by atoms with Crippen LogP contribution >= 0.6 is 0 Å². The monoisotopic (exact) mass is 475 g/mol. The van der Waals surface area contributed by atoms with Crippen molar-refractivity contribution in [2.75, 3.05) is 7.11 Å². The molecule has 0 N–H and O–H groups in total. The minimum atomic E-state index is -0.478. The van der Waals surface area contributed by atoms with Gasteiger partial charge in [-0.2, -0.15) is 0 Å². The minimum Gasteiger partial charge on any atom is -0.493 e. The first-order valence-electron chi connectivity index (χ1n) is 11.7. The second-order valence-corrected chi connectivity index (χ2v) is 8.89. The molecule has 0 fully saturated rings. The van der Waals surface area contributed by atoms with E-state index < -0.39 is 10.8 Å². The van der Waals surface area contributed by atoms with Gasteiger partial charge >= 0.3 is 0 Å². The fourth-order valence-electron chi connectivity index (χ4n) is 5.05. The summed E-state index contributed by atoms with van der Waals surface area (Å²) in [5.41, 5.74) is 2.59. The molecular weight excluding hydrogens is 450 g/mol. The summed E-state index contributed by atoms with van der Waals surface area (Å²) >= 11 is 0. The van der Waals surface area contributed by atoms with Crippen LogP contribution in [0.1, 0.15) is 55.6 Å². The first-order valence-corrected chi connectivity index (χ1v) is 11.7. The lowest BCUT2D eigenvalue weighted by atomic mass is 9.73. The standard InChI is InChI=1S/C27H25NO7/c1-33-24-14-17(11-12-21(24)34-15-16-5-2-6-18(13-16)28(31)32)25-26-19(29)7-3-9-22(26)35-23-10-4-8-20(30)27(23)25/h2,5-6,11-14,25H,3-4,7-10,15H2,1H3. The molecule has 35 heavy (non-hydrogen) atoms. The number of rotatable bonds is 6. The number of benzene rings is 2. The third kappa shape index (κ3) is 4.32. The Morgan fingerprint density at radius 1 is 0.943 bits per heavy atom. The van der Waals surface area contributed by atoms with Gasteiger partial charge in [-0.15, -0.1) is 0 Å². The third-order valence-electron chi connectivity index (χ3n) is 6.68. The quantitative estimate of drug-likeness (QED) is 0.412. The van der Waals surface area contributed by atoms with Gasteiger partial charge in [0.25, 0.3) is 5.69 Å². The number of carbonyl (C=O) groups is 2. The number of hydrogen-bond acceptors (Lipinski definition) is 7. The number of Topliss-reactive ketones (excluding diaryl/α,β-unsaturated/α-hetero) is 2. The van der Waals surface area contributed by atoms with E-state index in [4.69, 9.17) is 14.2 Å². The summed E-state index contributed by atoms with van der Waals surface area (Å²) in [4.78, 5) is 36.5. The van der Waals surface area contributed by atoms with Crippen LogP contribution in [0, 0.1) is 10.1 Å². The van der Waals surface area contributed by atoms with E-state index in [0.717, 1.165) is 18.4 Å². The van der Waals surface area contributed by atoms with Crippen LogP contribution in [0.15, 0.2) is 65.1 Å².